The van der Waals surface area contributed by atoms with Crippen LogP contribution < -0.4 is 160 Å². The molecular weight excluding hydrogens is 387 g/mol. The maximum Gasteiger partial charge on any atom is 1.00 e. The van der Waals surface area contributed by atoms with Gasteiger partial charge in [0.25, 0.3) is 7.82 Å². The van der Waals surface area contributed by atoms with Gasteiger partial charge in [0.1, 0.15) is 5.60 Å². The molecule has 11 nitrogen and oxygen atoms in total. The van der Waals surface area contributed by atoms with Gasteiger partial charge in [-0.25, -0.2) is 0 Å². The van der Waals surface area contributed by atoms with Crippen LogP contribution in [0.15, 0.2) is 0 Å². The van der Waals surface area contributed by atoms with Crippen molar-refractivity contribution in [3.8, 4) is 0 Å². The molecule has 0 aliphatic carbocycles. The van der Waals surface area contributed by atoms with Crippen molar-refractivity contribution < 1.29 is 194 Å². The molecule has 0 bridgehead atoms. The Morgan fingerprint density at radius 3 is 1.18 bits per heavy atom. The average Bonchev–Trinajstić information content (AvgIpc) is 1.95. The first kappa shape index (κ1) is 40.0. The Morgan fingerprint density at radius 1 is 0.909 bits per heavy atom. The van der Waals surface area contributed by atoms with Crippen LogP contribution in [-0.2, 0) is 18.9 Å². The van der Waals surface area contributed by atoms with Crippen molar-refractivity contribution in [1.82, 2.24) is 0 Å². The monoisotopic (exact) mass is 394 g/mol. The van der Waals surface area contributed by atoms with E-state index in [0.717, 1.165) is 0 Å². The Balaban J connectivity index is -0.0000000627. The van der Waals surface area contributed by atoms with Gasteiger partial charge in [-0.1, -0.05) is 0 Å². The van der Waals surface area contributed by atoms with Crippen LogP contribution in [0.1, 0.15) is 12.8 Å². The van der Waals surface area contributed by atoms with Crippen molar-refractivity contribution in [3.05, 3.63) is 0 Å². The SMILES string of the molecule is O=C([O-])CC(O)(CC(=O)[O-])C(=O)[O-].O=P([O-])(O)O.[K+].[Na+].[Na+].[Na+]. The number of carbonyl (C=O) groups excluding carboxylic acids is 3. The summed E-state index contributed by atoms with van der Waals surface area (Å²) in [6.07, 6.45) is -2.72. The predicted molar refractivity (Wildman–Crippen MR) is 41.2 cm³/mol. The zero-order chi connectivity index (χ0) is 15.1. The second-order valence-corrected chi connectivity index (χ2v) is 3.89. The van der Waals surface area contributed by atoms with Gasteiger partial charge in [-0.2, -0.15) is 0 Å². The quantitative estimate of drug-likeness (QED) is 0.293. The first-order valence-corrected chi connectivity index (χ1v) is 5.41. The van der Waals surface area contributed by atoms with Crippen LogP contribution in [0.2, 0.25) is 0 Å². The molecule has 0 aromatic carbocycles. The molecule has 0 spiro atoms. The molecule has 0 aliphatic rings. The van der Waals surface area contributed by atoms with Crippen LogP contribution in [0.3, 0.4) is 0 Å². The van der Waals surface area contributed by atoms with E-state index in [0.29, 0.717) is 0 Å². The molecule has 0 amide bonds. The Bertz CT molecular complexity index is 362. The molecule has 0 heterocycles. The van der Waals surface area contributed by atoms with E-state index in [2.05, 4.69) is 0 Å². The molecule has 0 fully saturated rings. The second-order valence-electron chi connectivity index (χ2n) is 2.91. The van der Waals surface area contributed by atoms with Gasteiger partial charge in [-0.15, -0.1) is 0 Å². The van der Waals surface area contributed by atoms with Gasteiger partial charge in [0.05, 0.1) is 5.97 Å². The topological polar surface area (TPSA) is 221 Å². The summed E-state index contributed by atoms with van der Waals surface area (Å²) in [5.74, 6) is -5.98. The molecule has 0 radical (unpaired) electrons. The minimum Gasteiger partial charge on any atom is -0.756 e. The third-order valence-corrected chi connectivity index (χ3v) is 1.25. The van der Waals surface area contributed by atoms with Crippen molar-refractivity contribution in [1.29, 1.82) is 0 Å². The maximum absolute atomic E-state index is 10.1. The number of aliphatic hydroxyl groups is 1. The van der Waals surface area contributed by atoms with Crippen molar-refractivity contribution in [2.45, 2.75) is 18.4 Å². The van der Waals surface area contributed by atoms with Crippen molar-refractivity contribution in [3.63, 3.8) is 0 Å². The largest absolute Gasteiger partial charge is 1.00 e. The number of carboxylic acid groups (broad SMARTS) is 3. The number of hydrogen-bond donors (Lipinski definition) is 3. The van der Waals surface area contributed by atoms with E-state index in [-0.39, 0.29) is 140 Å². The molecule has 3 N–H and O–H groups in total. The third-order valence-electron chi connectivity index (χ3n) is 1.25. The van der Waals surface area contributed by atoms with Gasteiger partial charge in [-0.3, -0.25) is 4.57 Å². The summed E-state index contributed by atoms with van der Waals surface area (Å²) in [6.45, 7) is 0. The summed E-state index contributed by atoms with van der Waals surface area (Å²) in [5.41, 5.74) is -2.97. The van der Waals surface area contributed by atoms with Crippen LogP contribution in [0.5, 0.6) is 0 Å². The van der Waals surface area contributed by atoms with Crippen LogP contribution in [-0.4, -0.2) is 38.4 Å². The number of carbonyl (C=O) groups is 3. The molecule has 0 unspecified atom stereocenters. The average molecular weight is 394 g/mol. The molecule has 106 valence electrons. The van der Waals surface area contributed by atoms with Gasteiger partial charge >= 0.3 is 140 Å². The first-order chi connectivity index (χ1) is 7.78. The van der Waals surface area contributed by atoms with E-state index in [1.54, 1.807) is 0 Å². The second kappa shape index (κ2) is 18.9. The fourth-order valence-electron chi connectivity index (χ4n) is 0.684. The fraction of sp³-hybridized carbons (Fsp3) is 0.500. The zero-order valence-corrected chi connectivity index (χ0v) is 22.5. The number of aliphatic carboxylic acids is 3. The number of rotatable bonds is 5. The minimum absolute atomic E-state index is 0. The Morgan fingerprint density at radius 2 is 1.09 bits per heavy atom. The zero-order valence-electron chi connectivity index (χ0n) is 12.5. The van der Waals surface area contributed by atoms with Crippen molar-refractivity contribution in [2.75, 3.05) is 0 Å². The molecular formula is C6H7KNa3O11P. The predicted octanol–water partition coefficient (Wildman–Crippen LogP) is -18.8. The van der Waals surface area contributed by atoms with Crippen LogP contribution in [0.25, 0.3) is 0 Å². The molecule has 22 heavy (non-hydrogen) atoms. The van der Waals surface area contributed by atoms with Crippen LogP contribution in [0, 0.1) is 0 Å². The molecule has 0 atom stereocenters. The number of carboxylic acids is 3. The summed E-state index contributed by atoms with van der Waals surface area (Å²) in [7, 11) is -4.89. The number of hydrogen-bond acceptors (Lipinski definition) is 9. The normalized spacial score (nSPS) is 9.09. The summed E-state index contributed by atoms with van der Waals surface area (Å²) < 4.78 is 8.77. The van der Waals surface area contributed by atoms with Gasteiger partial charge in [0.15, 0.2) is 0 Å². The van der Waals surface area contributed by atoms with Crippen molar-refractivity contribution in [2.24, 2.45) is 0 Å². The smallest absolute Gasteiger partial charge is 0.756 e. The van der Waals surface area contributed by atoms with Crippen LogP contribution >= 0.6 is 7.82 Å². The van der Waals surface area contributed by atoms with E-state index < -0.39 is 44.2 Å². The summed E-state index contributed by atoms with van der Waals surface area (Å²) >= 11 is 0. The standard InChI is InChI=1S/C6H8O7.K.3Na.H3O4P/c7-3(8)1-6(13,5(11)12)2-4(9)10;;;;;1-5(2,3)4/h13H,1-2H2,(H,7,8)(H,9,10)(H,11,12);;;;;(H3,1,2,3,4)/q;4*+1;/p-4. The third kappa shape index (κ3) is 30.9. The Labute approximate surface area is 233 Å². The van der Waals surface area contributed by atoms with Gasteiger partial charge in [0, 0.05) is 24.8 Å². The summed E-state index contributed by atoms with van der Waals surface area (Å²) in [6, 6.07) is 0. The maximum atomic E-state index is 10.1. The molecule has 0 aliphatic heterocycles. The molecule has 0 saturated heterocycles. The molecule has 16 heteroatoms. The van der Waals surface area contributed by atoms with Gasteiger partial charge in [0.2, 0.25) is 0 Å². The van der Waals surface area contributed by atoms with Crippen molar-refractivity contribution >= 4 is 25.7 Å². The Kier molecular flexibility index (Phi) is 34.3. The van der Waals surface area contributed by atoms with E-state index in [9.17, 15) is 29.7 Å². The summed E-state index contributed by atoms with van der Waals surface area (Å²) in [4.78, 5) is 52.9. The van der Waals surface area contributed by atoms with E-state index in [1.807, 2.05) is 0 Å². The minimum atomic E-state index is -4.89. The molecule has 0 saturated carbocycles. The molecule has 0 aromatic rings. The molecule has 0 aromatic heterocycles. The van der Waals surface area contributed by atoms with E-state index >= 15 is 0 Å². The fourth-order valence-corrected chi connectivity index (χ4v) is 0.684. The van der Waals surface area contributed by atoms with E-state index in [1.165, 1.54) is 0 Å². The van der Waals surface area contributed by atoms with Crippen LogP contribution in [0.4, 0.5) is 0 Å². The Hall–Kier alpha value is 3.12. The number of phosphoric acid groups is 1. The van der Waals surface area contributed by atoms with Gasteiger partial charge in [-0.05, 0) is 0 Å². The molecule has 0 rings (SSSR count). The van der Waals surface area contributed by atoms with E-state index in [4.69, 9.17) is 24.4 Å². The van der Waals surface area contributed by atoms with Gasteiger partial charge < -0.3 is 49.5 Å². The first-order valence-electron chi connectivity index (χ1n) is 3.88. The summed E-state index contributed by atoms with van der Waals surface area (Å²) in [5, 5.41) is 38.9.